The van der Waals surface area contributed by atoms with Gasteiger partial charge in [0.05, 0.1) is 12.2 Å². The van der Waals surface area contributed by atoms with E-state index in [1.807, 2.05) is 42.2 Å². The van der Waals surface area contributed by atoms with Crippen molar-refractivity contribution in [2.45, 2.75) is 19.4 Å². The maximum Gasteiger partial charge on any atom is 0.338 e. The van der Waals surface area contributed by atoms with Crippen LogP contribution in [0.15, 0.2) is 54.6 Å². The Morgan fingerprint density at radius 2 is 1.62 bits per heavy atom. The number of hydrogen-bond donors (Lipinski definition) is 1. The van der Waals surface area contributed by atoms with Gasteiger partial charge in [-0.2, -0.15) is 0 Å². The molecule has 1 amide bonds. The molecule has 0 spiro atoms. The van der Waals surface area contributed by atoms with Gasteiger partial charge in [-0.25, -0.2) is 4.79 Å². The molecule has 1 saturated heterocycles. The second-order valence-corrected chi connectivity index (χ2v) is 7.58. The minimum atomic E-state index is -0.648. The molecule has 0 radical (unpaired) electrons. The van der Waals surface area contributed by atoms with Crippen molar-refractivity contribution >= 4 is 24.3 Å². The summed E-state index contributed by atoms with van der Waals surface area (Å²) < 4.78 is 10.7. The first-order valence-electron chi connectivity index (χ1n) is 10.7. The average Bonchev–Trinajstić information content (AvgIpc) is 2.82. The molecule has 32 heavy (non-hydrogen) atoms. The number of halogens is 1. The second kappa shape index (κ2) is 13.1. The van der Waals surface area contributed by atoms with Crippen LogP contribution >= 0.6 is 12.4 Å². The molecule has 1 atom stereocenters. The van der Waals surface area contributed by atoms with Gasteiger partial charge in [-0.1, -0.05) is 25.1 Å². The van der Waals surface area contributed by atoms with E-state index in [2.05, 4.69) is 4.90 Å². The van der Waals surface area contributed by atoms with Crippen LogP contribution in [0.1, 0.15) is 34.1 Å². The molecule has 1 fully saturated rings. The summed E-state index contributed by atoms with van der Waals surface area (Å²) in [6, 6.07) is 16.0. The van der Waals surface area contributed by atoms with Crippen LogP contribution < -0.4 is 4.74 Å². The maximum atomic E-state index is 12.5. The highest BCUT2D eigenvalue weighted by Gasteiger charge is 2.23. The van der Waals surface area contributed by atoms with E-state index in [0.717, 1.165) is 6.42 Å². The van der Waals surface area contributed by atoms with Crippen molar-refractivity contribution in [3.05, 3.63) is 65.7 Å². The second-order valence-electron chi connectivity index (χ2n) is 7.58. The van der Waals surface area contributed by atoms with Gasteiger partial charge in [-0.15, -0.1) is 12.4 Å². The van der Waals surface area contributed by atoms with Gasteiger partial charge in [0.1, 0.15) is 18.5 Å². The summed E-state index contributed by atoms with van der Waals surface area (Å²) in [5, 5.41) is 10.3. The smallest absolute Gasteiger partial charge is 0.338 e. The number of aliphatic hydroxyl groups excluding tert-OH is 1. The predicted octanol–water partition coefficient (Wildman–Crippen LogP) is 2.87. The molecular formula is C24H31ClN2O5. The summed E-state index contributed by atoms with van der Waals surface area (Å²) in [5.41, 5.74) is 1.18. The Morgan fingerprint density at radius 1 is 0.969 bits per heavy atom. The number of aliphatic hydroxyl groups is 1. The van der Waals surface area contributed by atoms with E-state index in [4.69, 9.17) is 9.47 Å². The van der Waals surface area contributed by atoms with Crippen molar-refractivity contribution in [2.75, 3.05) is 45.9 Å². The predicted molar refractivity (Wildman–Crippen MR) is 125 cm³/mol. The molecule has 3 rings (SSSR count). The first-order valence-corrected chi connectivity index (χ1v) is 10.7. The van der Waals surface area contributed by atoms with Crippen LogP contribution in [0.3, 0.4) is 0 Å². The number of β-amino-alcohol motifs (C(OH)–C–C–N with tert-alkyl or cyclic N) is 1. The van der Waals surface area contributed by atoms with Gasteiger partial charge in [0, 0.05) is 38.3 Å². The summed E-state index contributed by atoms with van der Waals surface area (Å²) in [6.45, 7) is 5.68. The molecule has 1 heterocycles. The number of esters is 1. The van der Waals surface area contributed by atoms with E-state index in [0.29, 0.717) is 56.2 Å². The molecule has 1 aliphatic rings. The molecule has 0 saturated carbocycles. The lowest BCUT2D eigenvalue weighted by molar-refractivity contribution is 0.0402. The third-order valence-corrected chi connectivity index (χ3v) is 5.12. The molecule has 2 aromatic carbocycles. The van der Waals surface area contributed by atoms with E-state index in [1.54, 1.807) is 24.3 Å². The molecule has 7 nitrogen and oxygen atoms in total. The lowest BCUT2D eigenvalue weighted by Crippen LogP contribution is -2.50. The van der Waals surface area contributed by atoms with E-state index in [9.17, 15) is 14.7 Å². The zero-order valence-corrected chi connectivity index (χ0v) is 19.1. The molecule has 1 N–H and O–H groups in total. The zero-order chi connectivity index (χ0) is 22.1. The summed E-state index contributed by atoms with van der Waals surface area (Å²) in [6.07, 6.45) is 0.133. The maximum absolute atomic E-state index is 12.5. The van der Waals surface area contributed by atoms with Crippen LogP contribution in [-0.2, 0) is 4.74 Å². The Kier molecular flexibility index (Phi) is 10.5. The quantitative estimate of drug-likeness (QED) is 0.577. The summed E-state index contributed by atoms with van der Waals surface area (Å²) in [5.74, 6) is 0.286. The number of hydrogen-bond acceptors (Lipinski definition) is 6. The standard InChI is InChI=1S/C24H30N2O5.ClH/c1-2-16-30-24(29)20-8-10-22(11-9-20)31-18-21(27)17-25-12-14-26(15-13-25)23(28)19-6-4-3-5-7-19;/h3-11,21,27H,2,12-18H2,1H3;1H. The molecule has 1 aliphatic heterocycles. The molecule has 0 aromatic heterocycles. The zero-order valence-electron chi connectivity index (χ0n) is 18.3. The van der Waals surface area contributed by atoms with Gasteiger partial charge in [-0.05, 0) is 42.8 Å². The first-order chi connectivity index (χ1) is 15.1. The Balaban J connectivity index is 0.00000363. The molecule has 0 bridgehead atoms. The highest BCUT2D eigenvalue weighted by Crippen LogP contribution is 2.14. The van der Waals surface area contributed by atoms with Crippen LogP contribution in [0.5, 0.6) is 5.75 Å². The SMILES string of the molecule is CCCOC(=O)c1ccc(OCC(O)CN2CCN(C(=O)c3ccccc3)CC2)cc1.Cl. The number of amides is 1. The van der Waals surface area contributed by atoms with Crippen molar-refractivity contribution in [1.82, 2.24) is 9.80 Å². The van der Waals surface area contributed by atoms with Crippen molar-refractivity contribution in [2.24, 2.45) is 0 Å². The average molecular weight is 463 g/mol. The van der Waals surface area contributed by atoms with Crippen LogP contribution in [0.2, 0.25) is 0 Å². The number of rotatable bonds is 9. The Bertz CT molecular complexity index is 839. The number of piperazine rings is 1. The van der Waals surface area contributed by atoms with E-state index in [-0.39, 0.29) is 30.9 Å². The fraction of sp³-hybridized carbons (Fsp3) is 0.417. The summed E-state index contributed by atoms with van der Waals surface area (Å²) >= 11 is 0. The first kappa shape index (κ1) is 25.6. The minimum absolute atomic E-state index is 0. The van der Waals surface area contributed by atoms with Crippen molar-refractivity contribution in [3.63, 3.8) is 0 Å². The Morgan fingerprint density at radius 3 is 2.25 bits per heavy atom. The Labute approximate surface area is 195 Å². The van der Waals surface area contributed by atoms with E-state index < -0.39 is 6.10 Å². The van der Waals surface area contributed by atoms with Crippen LogP contribution in [-0.4, -0.2) is 78.8 Å². The molecule has 8 heteroatoms. The van der Waals surface area contributed by atoms with Gasteiger partial charge in [-0.3, -0.25) is 9.69 Å². The normalized spacial score (nSPS) is 14.9. The highest BCUT2D eigenvalue weighted by atomic mass is 35.5. The summed E-state index contributed by atoms with van der Waals surface area (Å²) in [4.78, 5) is 28.3. The van der Waals surface area contributed by atoms with Crippen LogP contribution in [0.25, 0.3) is 0 Å². The van der Waals surface area contributed by atoms with Crippen LogP contribution in [0, 0.1) is 0 Å². The number of carbonyl (C=O) groups excluding carboxylic acids is 2. The minimum Gasteiger partial charge on any atom is -0.491 e. The summed E-state index contributed by atoms with van der Waals surface area (Å²) in [7, 11) is 0. The lowest BCUT2D eigenvalue weighted by Gasteiger charge is -2.35. The molecule has 0 aliphatic carbocycles. The monoisotopic (exact) mass is 462 g/mol. The van der Waals surface area contributed by atoms with Crippen LogP contribution in [0.4, 0.5) is 0 Å². The third kappa shape index (κ3) is 7.51. The van der Waals surface area contributed by atoms with Gasteiger partial charge in [0.15, 0.2) is 0 Å². The third-order valence-electron chi connectivity index (χ3n) is 5.12. The molecular weight excluding hydrogens is 432 g/mol. The molecule has 1 unspecified atom stereocenters. The van der Waals surface area contributed by atoms with E-state index >= 15 is 0 Å². The topological polar surface area (TPSA) is 79.3 Å². The number of benzene rings is 2. The Hall–Kier alpha value is -2.61. The largest absolute Gasteiger partial charge is 0.491 e. The lowest BCUT2D eigenvalue weighted by atomic mass is 10.2. The van der Waals surface area contributed by atoms with Gasteiger partial charge in [0.2, 0.25) is 0 Å². The van der Waals surface area contributed by atoms with Gasteiger partial charge < -0.3 is 19.5 Å². The number of nitrogens with zero attached hydrogens (tertiary/aromatic N) is 2. The van der Waals surface area contributed by atoms with Crippen molar-refractivity contribution in [1.29, 1.82) is 0 Å². The fourth-order valence-electron chi connectivity index (χ4n) is 3.41. The highest BCUT2D eigenvalue weighted by molar-refractivity contribution is 5.94. The van der Waals surface area contributed by atoms with Crippen molar-refractivity contribution in [3.8, 4) is 5.75 Å². The van der Waals surface area contributed by atoms with E-state index in [1.165, 1.54) is 0 Å². The fourth-order valence-corrected chi connectivity index (χ4v) is 3.41. The number of ether oxygens (including phenoxy) is 2. The number of carbonyl (C=O) groups is 2. The van der Waals surface area contributed by atoms with Crippen molar-refractivity contribution < 1.29 is 24.2 Å². The molecule has 174 valence electrons. The molecule has 2 aromatic rings. The van der Waals surface area contributed by atoms with Gasteiger partial charge >= 0.3 is 5.97 Å². The van der Waals surface area contributed by atoms with Gasteiger partial charge in [0.25, 0.3) is 5.91 Å².